The second kappa shape index (κ2) is 7.47. The first-order valence-corrected chi connectivity index (χ1v) is 7.13. The van der Waals surface area contributed by atoms with Crippen molar-refractivity contribution in [1.29, 1.82) is 0 Å². The first-order valence-electron chi connectivity index (χ1n) is 7.13. The number of ether oxygens (including phenoxy) is 1. The van der Waals surface area contributed by atoms with Crippen molar-refractivity contribution < 1.29 is 4.74 Å². The first-order chi connectivity index (χ1) is 10.2. The predicted molar refractivity (Wildman–Crippen MR) is 85.9 cm³/mol. The van der Waals surface area contributed by atoms with Gasteiger partial charge in [0, 0.05) is 13.6 Å². The topological polar surface area (TPSA) is 50.3 Å². The highest BCUT2D eigenvalue weighted by Gasteiger charge is 2.08. The third-order valence-corrected chi connectivity index (χ3v) is 3.16. The summed E-state index contributed by atoms with van der Waals surface area (Å²) < 4.78 is 5.38. The second-order valence-corrected chi connectivity index (χ2v) is 4.85. The molecule has 1 heterocycles. The number of rotatable bonds is 7. The van der Waals surface area contributed by atoms with Gasteiger partial charge in [-0.05, 0) is 18.6 Å². The van der Waals surface area contributed by atoms with Gasteiger partial charge >= 0.3 is 0 Å². The summed E-state index contributed by atoms with van der Waals surface area (Å²) in [4.78, 5) is 10.9. The van der Waals surface area contributed by atoms with Crippen molar-refractivity contribution in [2.45, 2.75) is 19.9 Å². The lowest BCUT2D eigenvalue weighted by atomic mass is 10.2. The van der Waals surface area contributed by atoms with E-state index in [4.69, 9.17) is 4.74 Å². The summed E-state index contributed by atoms with van der Waals surface area (Å²) in [5.41, 5.74) is 1.96. The van der Waals surface area contributed by atoms with Gasteiger partial charge in [0.25, 0.3) is 0 Å². The maximum Gasteiger partial charge on any atom is 0.144 e. The van der Waals surface area contributed by atoms with E-state index in [1.54, 1.807) is 13.3 Å². The molecule has 0 amide bonds. The number of aromatic nitrogens is 2. The summed E-state index contributed by atoms with van der Waals surface area (Å²) in [6, 6.07) is 7.95. The van der Waals surface area contributed by atoms with Crippen LogP contribution in [0.1, 0.15) is 19.0 Å². The Labute approximate surface area is 126 Å². The molecule has 21 heavy (non-hydrogen) atoms. The molecule has 0 bridgehead atoms. The lowest BCUT2D eigenvalue weighted by Crippen LogP contribution is -2.18. The van der Waals surface area contributed by atoms with Gasteiger partial charge in [0.1, 0.15) is 11.6 Å². The Balaban J connectivity index is 2.03. The Hall–Kier alpha value is -2.30. The van der Waals surface area contributed by atoms with Crippen molar-refractivity contribution in [3.8, 4) is 5.75 Å². The average Bonchev–Trinajstić information content (AvgIpc) is 2.54. The highest BCUT2D eigenvalue weighted by molar-refractivity contribution is 5.57. The van der Waals surface area contributed by atoms with Crippen LogP contribution in [0.2, 0.25) is 0 Å². The molecule has 1 N–H and O–H groups in total. The van der Waals surface area contributed by atoms with E-state index in [1.807, 2.05) is 37.5 Å². The molecule has 0 aliphatic rings. The van der Waals surface area contributed by atoms with E-state index in [-0.39, 0.29) is 0 Å². The maximum absolute atomic E-state index is 5.38. The molecule has 112 valence electrons. The van der Waals surface area contributed by atoms with E-state index in [0.717, 1.165) is 35.9 Å². The Bertz CT molecular complexity index is 556. The fourth-order valence-corrected chi connectivity index (χ4v) is 2.05. The summed E-state index contributed by atoms with van der Waals surface area (Å²) in [5, 5.41) is 3.22. The zero-order valence-corrected chi connectivity index (χ0v) is 12.8. The molecule has 0 fully saturated rings. The molecule has 5 heteroatoms. The Morgan fingerprint density at radius 2 is 2.00 bits per heavy atom. The van der Waals surface area contributed by atoms with Crippen molar-refractivity contribution in [3.05, 3.63) is 42.4 Å². The van der Waals surface area contributed by atoms with Crippen LogP contribution in [-0.2, 0) is 6.54 Å². The molecule has 0 saturated heterocycles. The van der Waals surface area contributed by atoms with Crippen molar-refractivity contribution >= 4 is 11.5 Å². The monoisotopic (exact) mass is 286 g/mol. The van der Waals surface area contributed by atoms with Crippen LogP contribution in [0.3, 0.4) is 0 Å². The fraction of sp³-hybridized carbons (Fsp3) is 0.375. The highest BCUT2D eigenvalue weighted by Crippen LogP contribution is 2.27. The SMILES string of the molecule is CCCNc1cnc(CN(C)c2ccccc2OC)cn1. The molecule has 2 rings (SSSR count). The quantitative estimate of drug-likeness (QED) is 0.848. The van der Waals surface area contributed by atoms with Crippen molar-refractivity contribution in [2.75, 3.05) is 30.9 Å². The van der Waals surface area contributed by atoms with Gasteiger partial charge in [0.05, 0.1) is 37.4 Å². The van der Waals surface area contributed by atoms with Gasteiger partial charge in [0.2, 0.25) is 0 Å². The number of methoxy groups -OCH3 is 1. The summed E-state index contributed by atoms with van der Waals surface area (Å²) in [7, 11) is 3.70. The lowest BCUT2D eigenvalue weighted by Gasteiger charge is -2.21. The number of hydrogen-bond donors (Lipinski definition) is 1. The molecular formula is C16H22N4O. The number of benzene rings is 1. The zero-order chi connectivity index (χ0) is 15.1. The minimum absolute atomic E-state index is 0.682. The Kier molecular flexibility index (Phi) is 5.37. The van der Waals surface area contributed by atoms with Gasteiger partial charge in [-0.1, -0.05) is 19.1 Å². The van der Waals surface area contributed by atoms with E-state index in [9.17, 15) is 0 Å². The van der Waals surface area contributed by atoms with Gasteiger partial charge in [0.15, 0.2) is 0 Å². The summed E-state index contributed by atoms with van der Waals surface area (Å²) in [6.07, 6.45) is 4.66. The van der Waals surface area contributed by atoms with E-state index in [2.05, 4.69) is 27.1 Å². The lowest BCUT2D eigenvalue weighted by molar-refractivity contribution is 0.414. The number of hydrogen-bond acceptors (Lipinski definition) is 5. The molecule has 0 unspecified atom stereocenters. The smallest absolute Gasteiger partial charge is 0.144 e. The Morgan fingerprint density at radius 3 is 2.67 bits per heavy atom. The summed E-state index contributed by atoms with van der Waals surface area (Å²) in [6.45, 7) is 3.72. The van der Waals surface area contributed by atoms with Gasteiger partial charge in [-0.3, -0.25) is 4.98 Å². The van der Waals surface area contributed by atoms with Gasteiger partial charge in [-0.2, -0.15) is 0 Å². The van der Waals surface area contributed by atoms with Crippen molar-refractivity contribution in [3.63, 3.8) is 0 Å². The van der Waals surface area contributed by atoms with Crippen LogP contribution < -0.4 is 15.0 Å². The molecule has 0 spiro atoms. The van der Waals surface area contributed by atoms with Crippen LogP contribution in [0.15, 0.2) is 36.7 Å². The number of nitrogens with zero attached hydrogens (tertiary/aromatic N) is 3. The molecule has 1 aromatic carbocycles. The van der Waals surface area contributed by atoms with Gasteiger partial charge < -0.3 is 15.0 Å². The molecule has 2 aromatic rings. The van der Waals surface area contributed by atoms with Crippen LogP contribution >= 0.6 is 0 Å². The zero-order valence-electron chi connectivity index (χ0n) is 12.8. The van der Waals surface area contributed by atoms with Crippen LogP contribution in [0, 0.1) is 0 Å². The van der Waals surface area contributed by atoms with Crippen molar-refractivity contribution in [1.82, 2.24) is 9.97 Å². The van der Waals surface area contributed by atoms with Crippen LogP contribution in [0.25, 0.3) is 0 Å². The number of nitrogens with one attached hydrogen (secondary N) is 1. The molecule has 0 aliphatic carbocycles. The summed E-state index contributed by atoms with van der Waals surface area (Å²) in [5.74, 6) is 1.68. The van der Waals surface area contributed by atoms with Crippen LogP contribution in [0.4, 0.5) is 11.5 Å². The van der Waals surface area contributed by atoms with Crippen molar-refractivity contribution in [2.24, 2.45) is 0 Å². The van der Waals surface area contributed by atoms with E-state index >= 15 is 0 Å². The van der Waals surface area contributed by atoms with Gasteiger partial charge in [-0.25, -0.2) is 4.98 Å². The Morgan fingerprint density at radius 1 is 1.19 bits per heavy atom. The van der Waals surface area contributed by atoms with E-state index in [1.165, 1.54) is 0 Å². The number of para-hydroxylation sites is 2. The third kappa shape index (κ3) is 4.08. The second-order valence-electron chi connectivity index (χ2n) is 4.85. The average molecular weight is 286 g/mol. The molecule has 0 saturated carbocycles. The molecule has 0 aliphatic heterocycles. The molecule has 0 atom stereocenters. The standard InChI is InChI=1S/C16H22N4O/c1-4-9-17-16-11-18-13(10-19-16)12-20(2)14-7-5-6-8-15(14)21-3/h5-8,10-11H,4,9,12H2,1-3H3,(H,17,19). The minimum atomic E-state index is 0.682. The fourth-order valence-electron chi connectivity index (χ4n) is 2.05. The summed E-state index contributed by atoms with van der Waals surface area (Å²) >= 11 is 0. The molecule has 0 radical (unpaired) electrons. The normalized spacial score (nSPS) is 10.2. The molecule has 5 nitrogen and oxygen atoms in total. The van der Waals surface area contributed by atoms with Gasteiger partial charge in [-0.15, -0.1) is 0 Å². The minimum Gasteiger partial charge on any atom is -0.495 e. The van der Waals surface area contributed by atoms with Crippen LogP contribution in [-0.4, -0.2) is 30.7 Å². The largest absolute Gasteiger partial charge is 0.495 e. The molecule has 1 aromatic heterocycles. The highest BCUT2D eigenvalue weighted by atomic mass is 16.5. The van der Waals surface area contributed by atoms with E-state index < -0.39 is 0 Å². The third-order valence-electron chi connectivity index (χ3n) is 3.16. The first kappa shape index (κ1) is 15.1. The predicted octanol–water partition coefficient (Wildman–Crippen LogP) is 2.94. The number of anilines is 2. The van der Waals surface area contributed by atoms with E-state index in [0.29, 0.717) is 6.54 Å². The molecular weight excluding hydrogens is 264 g/mol. The van der Waals surface area contributed by atoms with Crippen LogP contribution in [0.5, 0.6) is 5.75 Å². The maximum atomic E-state index is 5.38.